The number of ether oxygens (including phenoxy) is 1. The summed E-state index contributed by atoms with van der Waals surface area (Å²) in [7, 11) is 1.63. The molecule has 0 unspecified atom stereocenters. The van der Waals surface area contributed by atoms with E-state index in [1.54, 1.807) is 7.11 Å². The van der Waals surface area contributed by atoms with E-state index in [2.05, 4.69) is 46.5 Å². The average Bonchev–Trinajstić information content (AvgIpc) is 3.30. The Morgan fingerprint density at radius 2 is 1.89 bits per heavy atom. The molecule has 2 heterocycles. The van der Waals surface area contributed by atoms with Gasteiger partial charge >= 0.3 is 0 Å². The topological polar surface area (TPSA) is 64.1 Å². The Bertz CT molecular complexity index is 1150. The third-order valence-electron chi connectivity index (χ3n) is 4.43. The Labute approximate surface area is 171 Å². The molecule has 0 spiro atoms. The molecule has 0 saturated carbocycles. The lowest BCUT2D eigenvalue weighted by molar-refractivity contribution is 0.103. The number of anilines is 1. The molecule has 0 aliphatic carbocycles. The van der Waals surface area contributed by atoms with E-state index in [0.717, 1.165) is 38.7 Å². The standard InChI is InChI=1S/C21H19N3O2S2/c1-4-13-5-7-14(8-6-13)20-22-12(2)18(28-20)19(25)24-21-23-16-10-9-15(26-3)11-17(16)27-21/h5-11H,4H2,1-3H3,(H,23,24,25). The molecule has 0 bridgehead atoms. The number of amides is 1. The molecule has 4 aromatic rings. The number of fused-ring (bicyclic) bond motifs is 1. The molecule has 0 saturated heterocycles. The van der Waals surface area contributed by atoms with E-state index in [4.69, 9.17) is 4.74 Å². The van der Waals surface area contributed by atoms with Crippen molar-refractivity contribution in [3.63, 3.8) is 0 Å². The molecule has 0 aliphatic rings. The van der Waals surface area contributed by atoms with Crippen LogP contribution in [0.1, 0.15) is 27.9 Å². The zero-order valence-corrected chi connectivity index (χ0v) is 17.4. The van der Waals surface area contributed by atoms with Gasteiger partial charge in [0.15, 0.2) is 5.13 Å². The number of nitrogens with zero attached hydrogens (tertiary/aromatic N) is 2. The predicted octanol–water partition coefficient (Wildman–Crippen LogP) is 5.55. The van der Waals surface area contributed by atoms with Crippen LogP contribution in [0.4, 0.5) is 5.13 Å². The first-order valence-corrected chi connectivity index (χ1v) is 10.5. The lowest BCUT2D eigenvalue weighted by Crippen LogP contribution is -2.11. The average molecular weight is 410 g/mol. The van der Waals surface area contributed by atoms with Crippen molar-refractivity contribution >= 4 is 43.9 Å². The van der Waals surface area contributed by atoms with Crippen LogP contribution in [0.3, 0.4) is 0 Å². The highest BCUT2D eigenvalue weighted by atomic mass is 32.1. The van der Waals surface area contributed by atoms with Gasteiger partial charge in [-0.1, -0.05) is 42.5 Å². The van der Waals surface area contributed by atoms with Crippen LogP contribution in [0.5, 0.6) is 5.75 Å². The van der Waals surface area contributed by atoms with Gasteiger partial charge in [0.1, 0.15) is 15.6 Å². The number of carbonyl (C=O) groups excluding carboxylic acids is 1. The van der Waals surface area contributed by atoms with Crippen LogP contribution in [0.15, 0.2) is 42.5 Å². The van der Waals surface area contributed by atoms with Gasteiger partial charge in [-0.25, -0.2) is 9.97 Å². The van der Waals surface area contributed by atoms with Gasteiger partial charge in [0.05, 0.1) is 23.0 Å². The molecule has 4 rings (SSSR count). The number of hydrogen-bond acceptors (Lipinski definition) is 6. The van der Waals surface area contributed by atoms with Crippen LogP contribution in [-0.2, 0) is 6.42 Å². The van der Waals surface area contributed by atoms with Crippen molar-refractivity contribution in [2.45, 2.75) is 20.3 Å². The van der Waals surface area contributed by atoms with Crippen molar-refractivity contribution in [2.75, 3.05) is 12.4 Å². The maximum absolute atomic E-state index is 12.8. The number of thiazole rings is 2. The van der Waals surface area contributed by atoms with E-state index in [0.29, 0.717) is 10.0 Å². The van der Waals surface area contributed by atoms with Crippen molar-refractivity contribution in [3.8, 4) is 16.3 Å². The number of rotatable bonds is 5. The molecule has 1 N–H and O–H groups in total. The molecule has 0 radical (unpaired) electrons. The zero-order chi connectivity index (χ0) is 19.7. The van der Waals surface area contributed by atoms with Gasteiger partial charge in [-0.3, -0.25) is 10.1 Å². The third kappa shape index (κ3) is 3.63. The van der Waals surface area contributed by atoms with Gasteiger partial charge in [-0.05, 0) is 37.1 Å². The number of nitrogens with one attached hydrogen (secondary N) is 1. The third-order valence-corrected chi connectivity index (χ3v) is 6.57. The summed E-state index contributed by atoms with van der Waals surface area (Å²) in [5, 5.41) is 4.32. The molecular formula is C21H19N3O2S2. The maximum atomic E-state index is 12.8. The molecule has 5 nitrogen and oxygen atoms in total. The van der Waals surface area contributed by atoms with Crippen LogP contribution >= 0.6 is 22.7 Å². The monoisotopic (exact) mass is 409 g/mol. The summed E-state index contributed by atoms with van der Waals surface area (Å²) in [5.74, 6) is 0.587. The van der Waals surface area contributed by atoms with E-state index >= 15 is 0 Å². The minimum Gasteiger partial charge on any atom is -0.497 e. The summed E-state index contributed by atoms with van der Waals surface area (Å²) in [4.78, 5) is 22.5. The molecule has 28 heavy (non-hydrogen) atoms. The van der Waals surface area contributed by atoms with Gasteiger partial charge in [0.25, 0.3) is 5.91 Å². The van der Waals surface area contributed by atoms with Crippen molar-refractivity contribution < 1.29 is 9.53 Å². The lowest BCUT2D eigenvalue weighted by Gasteiger charge is -1.99. The van der Waals surface area contributed by atoms with Crippen molar-refractivity contribution in [1.29, 1.82) is 0 Å². The predicted molar refractivity (Wildman–Crippen MR) is 116 cm³/mol. The smallest absolute Gasteiger partial charge is 0.269 e. The Balaban J connectivity index is 1.57. The second kappa shape index (κ2) is 7.69. The second-order valence-electron chi connectivity index (χ2n) is 6.29. The zero-order valence-electron chi connectivity index (χ0n) is 15.8. The van der Waals surface area contributed by atoms with Gasteiger partial charge in [-0.2, -0.15) is 0 Å². The normalized spacial score (nSPS) is 11.0. The van der Waals surface area contributed by atoms with E-state index in [9.17, 15) is 4.79 Å². The first-order valence-electron chi connectivity index (χ1n) is 8.90. The van der Waals surface area contributed by atoms with Gasteiger partial charge in [0, 0.05) is 5.56 Å². The van der Waals surface area contributed by atoms with Crippen LogP contribution in [0, 0.1) is 6.92 Å². The highest BCUT2D eigenvalue weighted by molar-refractivity contribution is 7.22. The molecule has 0 atom stereocenters. The summed E-state index contributed by atoms with van der Waals surface area (Å²) in [5.41, 5.74) is 3.86. The molecule has 2 aromatic carbocycles. The fraction of sp³-hybridized carbons (Fsp3) is 0.190. The fourth-order valence-electron chi connectivity index (χ4n) is 2.85. The summed E-state index contributed by atoms with van der Waals surface area (Å²) in [6.07, 6.45) is 0.999. The minimum absolute atomic E-state index is 0.183. The second-order valence-corrected chi connectivity index (χ2v) is 8.32. The highest BCUT2D eigenvalue weighted by Crippen LogP contribution is 2.32. The molecule has 7 heteroatoms. The molecule has 0 aliphatic heterocycles. The number of aryl methyl sites for hydroxylation is 2. The molecule has 1 amide bonds. The summed E-state index contributed by atoms with van der Waals surface area (Å²) in [6.45, 7) is 3.99. The summed E-state index contributed by atoms with van der Waals surface area (Å²) < 4.78 is 6.21. The van der Waals surface area contributed by atoms with Gasteiger partial charge in [0.2, 0.25) is 0 Å². The summed E-state index contributed by atoms with van der Waals surface area (Å²) >= 11 is 2.82. The summed E-state index contributed by atoms with van der Waals surface area (Å²) in [6, 6.07) is 14.0. The van der Waals surface area contributed by atoms with Crippen LogP contribution in [-0.4, -0.2) is 23.0 Å². The Hall–Kier alpha value is -2.77. The Kier molecular flexibility index (Phi) is 5.11. The molecular weight excluding hydrogens is 390 g/mol. The van der Waals surface area contributed by atoms with Crippen LogP contribution in [0.25, 0.3) is 20.8 Å². The van der Waals surface area contributed by atoms with Crippen molar-refractivity contribution in [2.24, 2.45) is 0 Å². The quantitative estimate of drug-likeness (QED) is 0.469. The van der Waals surface area contributed by atoms with E-state index in [1.165, 1.54) is 28.2 Å². The van der Waals surface area contributed by atoms with Crippen LogP contribution in [0.2, 0.25) is 0 Å². The number of benzene rings is 2. The largest absolute Gasteiger partial charge is 0.497 e. The Morgan fingerprint density at radius 3 is 2.61 bits per heavy atom. The number of aromatic nitrogens is 2. The molecule has 142 valence electrons. The molecule has 2 aromatic heterocycles. The number of hydrogen-bond donors (Lipinski definition) is 1. The van der Waals surface area contributed by atoms with Crippen molar-refractivity contribution in [3.05, 3.63) is 58.6 Å². The van der Waals surface area contributed by atoms with Crippen LogP contribution < -0.4 is 10.1 Å². The van der Waals surface area contributed by atoms with Gasteiger partial charge in [-0.15, -0.1) is 11.3 Å². The van der Waals surface area contributed by atoms with E-state index in [1.807, 2.05) is 25.1 Å². The first kappa shape index (κ1) is 18.6. The fourth-order valence-corrected chi connectivity index (χ4v) is 4.71. The Morgan fingerprint density at radius 1 is 1.11 bits per heavy atom. The maximum Gasteiger partial charge on any atom is 0.269 e. The minimum atomic E-state index is -0.183. The van der Waals surface area contributed by atoms with E-state index in [-0.39, 0.29) is 5.91 Å². The number of carbonyl (C=O) groups is 1. The van der Waals surface area contributed by atoms with Crippen molar-refractivity contribution in [1.82, 2.24) is 9.97 Å². The first-order chi connectivity index (χ1) is 13.6. The molecule has 0 fully saturated rings. The number of methoxy groups -OCH3 is 1. The SMILES string of the molecule is CCc1ccc(-c2nc(C)c(C(=O)Nc3nc4ccc(OC)cc4s3)s2)cc1. The van der Waals surface area contributed by atoms with Gasteiger partial charge < -0.3 is 4.74 Å². The highest BCUT2D eigenvalue weighted by Gasteiger charge is 2.18. The lowest BCUT2D eigenvalue weighted by atomic mass is 10.1. The van der Waals surface area contributed by atoms with E-state index < -0.39 is 0 Å².